The van der Waals surface area contributed by atoms with Crippen LogP contribution < -0.4 is 0 Å². The Morgan fingerprint density at radius 3 is 1.33 bits per heavy atom. The zero-order valence-corrected chi connectivity index (χ0v) is 21.8. The van der Waals surface area contributed by atoms with Gasteiger partial charge in [0.25, 0.3) is 0 Å². The van der Waals surface area contributed by atoms with E-state index in [9.17, 15) is 0 Å². The smallest absolute Gasteiger partial charge is 0.169 e. The Kier molecular flexibility index (Phi) is 6.90. The van der Waals surface area contributed by atoms with Gasteiger partial charge in [-0.15, -0.1) is 0 Å². The minimum Gasteiger partial charge on any atom is -0.346 e. The van der Waals surface area contributed by atoms with Crippen molar-refractivity contribution in [3.05, 3.63) is 0 Å². The molecular formula is C31H52O2. The molecule has 0 N–H and O–H groups in total. The van der Waals surface area contributed by atoms with E-state index in [1.807, 2.05) is 0 Å². The van der Waals surface area contributed by atoms with Gasteiger partial charge in [-0.2, -0.15) is 0 Å². The van der Waals surface area contributed by atoms with E-state index in [0.29, 0.717) is 12.2 Å². The minimum atomic E-state index is -0.249. The third-order valence-corrected chi connectivity index (χ3v) is 11.6. The molecule has 0 amide bonds. The van der Waals surface area contributed by atoms with Crippen molar-refractivity contribution in [1.82, 2.24) is 0 Å². The molecule has 6 rings (SSSR count). The van der Waals surface area contributed by atoms with Crippen molar-refractivity contribution in [3.63, 3.8) is 0 Å². The van der Waals surface area contributed by atoms with Crippen LogP contribution in [0.2, 0.25) is 0 Å². The molecule has 8 unspecified atom stereocenters. The lowest BCUT2D eigenvalue weighted by atomic mass is 9.59. The van der Waals surface area contributed by atoms with Gasteiger partial charge in [0.15, 0.2) is 5.79 Å². The van der Waals surface area contributed by atoms with Gasteiger partial charge >= 0.3 is 0 Å². The molecule has 6 aliphatic rings. The zero-order chi connectivity index (χ0) is 22.4. The Morgan fingerprint density at radius 2 is 0.909 bits per heavy atom. The van der Waals surface area contributed by atoms with Crippen molar-refractivity contribution < 1.29 is 9.47 Å². The quantitative estimate of drug-likeness (QED) is 0.414. The van der Waals surface area contributed by atoms with E-state index < -0.39 is 0 Å². The van der Waals surface area contributed by atoms with Gasteiger partial charge in [-0.05, 0) is 73.0 Å². The van der Waals surface area contributed by atoms with E-state index in [2.05, 4.69) is 13.8 Å². The summed E-state index contributed by atoms with van der Waals surface area (Å²) in [6, 6.07) is 0. The molecule has 2 saturated heterocycles. The average molecular weight is 457 g/mol. The van der Waals surface area contributed by atoms with Crippen LogP contribution in [0.5, 0.6) is 0 Å². The van der Waals surface area contributed by atoms with Crippen LogP contribution in [0.3, 0.4) is 0 Å². The highest BCUT2D eigenvalue weighted by Crippen LogP contribution is 2.58. The van der Waals surface area contributed by atoms with Crippen molar-refractivity contribution in [3.8, 4) is 0 Å². The summed E-state index contributed by atoms with van der Waals surface area (Å²) in [5.74, 6) is 6.65. The van der Waals surface area contributed by atoms with E-state index in [1.54, 1.807) is 0 Å². The van der Waals surface area contributed by atoms with Crippen molar-refractivity contribution >= 4 is 0 Å². The fourth-order valence-electron chi connectivity index (χ4n) is 9.99. The predicted octanol–water partition coefficient (Wildman–Crippen LogP) is 8.53. The van der Waals surface area contributed by atoms with Crippen LogP contribution in [0.1, 0.15) is 129 Å². The summed E-state index contributed by atoms with van der Waals surface area (Å²) in [4.78, 5) is 0. The van der Waals surface area contributed by atoms with Crippen molar-refractivity contribution in [1.29, 1.82) is 0 Å². The fraction of sp³-hybridized carbons (Fsp3) is 1.00. The van der Waals surface area contributed by atoms with E-state index >= 15 is 0 Å². The largest absolute Gasteiger partial charge is 0.346 e. The average Bonchev–Trinajstić information content (AvgIpc) is 2.83. The van der Waals surface area contributed by atoms with Gasteiger partial charge in [0.1, 0.15) is 0 Å². The van der Waals surface area contributed by atoms with E-state index in [1.165, 1.54) is 116 Å². The van der Waals surface area contributed by atoms with Crippen LogP contribution in [-0.4, -0.2) is 18.0 Å². The molecule has 188 valence electrons. The summed E-state index contributed by atoms with van der Waals surface area (Å²) in [5, 5.41) is 0. The molecule has 33 heavy (non-hydrogen) atoms. The summed E-state index contributed by atoms with van der Waals surface area (Å²) in [5.41, 5.74) is 0. The number of hydrogen-bond acceptors (Lipinski definition) is 2. The standard InChI is InChI=1S/C31H52O2/c1-21-13-15-25-27(23-9-5-3-6-10-23)19-31(32-29(25)17-21)20-28(24-11-7-4-8-12-24)26-16-14-22(2)18-30(26)33-31/h21-30H,3-20H2,1-2H3. The lowest BCUT2D eigenvalue weighted by Crippen LogP contribution is -2.61. The predicted molar refractivity (Wildman–Crippen MR) is 135 cm³/mol. The summed E-state index contributed by atoms with van der Waals surface area (Å²) in [6.07, 6.45) is 26.4. The second-order valence-electron chi connectivity index (χ2n) is 13.9. The Labute approximate surface area is 204 Å². The molecule has 2 nitrogen and oxygen atoms in total. The van der Waals surface area contributed by atoms with Crippen molar-refractivity contribution in [2.45, 2.75) is 147 Å². The Hall–Kier alpha value is -0.0800. The Balaban J connectivity index is 1.30. The van der Waals surface area contributed by atoms with E-state index in [4.69, 9.17) is 9.47 Å². The topological polar surface area (TPSA) is 18.5 Å². The highest BCUT2D eigenvalue weighted by Gasteiger charge is 2.57. The molecule has 1 spiro atoms. The number of fused-ring (bicyclic) bond motifs is 2. The van der Waals surface area contributed by atoms with Gasteiger partial charge < -0.3 is 9.47 Å². The molecule has 0 bridgehead atoms. The Morgan fingerprint density at radius 1 is 0.485 bits per heavy atom. The maximum Gasteiger partial charge on any atom is 0.169 e. The summed E-state index contributed by atoms with van der Waals surface area (Å²) >= 11 is 0. The molecule has 2 aliphatic heterocycles. The van der Waals surface area contributed by atoms with E-state index in [-0.39, 0.29) is 5.79 Å². The SMILES string of the molecule is CC1CCC2C(C1)OC1(CC2C2CCCCC2)CC(C2CCCCC2)C2CCC(C)CC2O1. The first-order valence-corrected chi connectivity index (χ1v) is 15.5. The maximum atomic E-state index is 7.29. The van der Waals surface area contributed by atoms with Crippen molar-refractivity contribution in [2.75, 3.05) is 0 Å². The number of hydrogen-bond donors (Lipinski definition) is 0. The molecule has 0 radical (unpaired) electrons. The summed E-state index contributed by atoms with van der Waals surface area (Å²) in [6.45, 7) is 4.95. The molecular weight excluding hydrogens is 404 g/mol. The normalized spacial score (nSPS) is 50.0. The number of ether oxygens (including phenoxy) is 2. The monoisotopic (exact) mass is 456 g/mol. The first kappa shape index (κ1) is 23.3. The molecule has 2 heterocycles. The van der Waals surface area contributed by atoms with Crippen LogP contribution in [0.25, 0.3) is 0 Å². The molecule has 4 saturated carbocycles. The van der Waals surface area contributed by atoms with Crippen molar-refractivity contribution in [2.24, 2.45) is 47.3 Å². The third-order valence-electron chi connectivity index (χ3n) is 11.6. The maximum absolute atomic E-state index is 7.29. The minimum absolute atomic E-state index is 0.249. The van der Waals surface area contributed by atoms with Gasteiger partial charge in [-0.3, -0.25) is 0 Å². The number of rotatable bonds is 2. The summed E-state index contributed by atoms with van der Waals surface area (Å²) in [7, 11) is 0. The van der Waals surface area contributed by atoms with Gasteiger partial charge in [0, 0.05) is 12.8 Å². The highest BCUT2D eigenvalue weighted by atomic mass is 16.7. The second-order valence-corrected chi connectivity index (χ2v) is 13.9. The third kappa shape index (κ3) is 4.71. The van der Waals surface area contributed by atoms with Gasteiger partial charge in [-0.1, -0.05) is 90.9 Å². The molecule has 4 aliphatic carbocycles. The first-order valence-electron chi connectivity index (χ1n) is 15.5. The molecule has 0 aromatic carbocycles. The molecule has 2 heteroatoms. The van der Waals surface area contributed by atoms with Crippen LogP contribution in [0.4, 0.5) is 0 Å². The van der Waals surface area contributed by atoms with Crippen LogP contribution in [0.15, 0.2) is 0 Å². The van der Waals surface area contributed by atoms with Crippen LogP contribution >= 0.6 is 0 Å². The lowest BCUT2D eigenvalue weighted by molar-refractivity contribution is -0.366. The van der Waals surface area contributed by atoms with Gasteiger partial charge in [0.05, 0.1) is 12.2 Å². The Bertz CT molecular complexity index is 591. The molecule has 8 atom stereocenters. The first-order chi connectivity index (χ1) is 16.1. The highest BCUT2D eigenvalue weighted by molar-refractivity contribution is 5.02. The summed E-state index contributed by atoms with van der Waals surface area (Å²) < 4.78 is 14.6. The molecule has 0 aromatic heterocycles. The van der Waals surface area contributed by atoms with Crippen LogP contribution in [-0.2, 0) is 9.47 Å². The second kappa shape index (κ2) is 9.76. The molecule has 6 fully saturated rings. The van der Waals surface area contributed by atoms with Crippen LogP contribution in [0, 0.1) is 47.3 Å². The molecule has 0 aromatic rings. The fourth-order valence-corrected chi connectivity index (χ4v) is 9.99. The van der Waals surface area contributed by atoms with E-state index in [0.717, 1.165) is 47.3 Å². The van der Waals surface area contributed by atoms with Gasteiger partial charge in [-0.25, -0.2) is 0 Å². The van der Waals surface area contributed by atoms with Gasteiger partial charge in [0.2, 0.25) is 0 Å². The lowest BCUT2D eigenvalue weighted by Gasteiger charge is -2.60. The zero-order valence-electron chi connectivity index (χ0n) is 21.8.